The van der Waals surface area contributed by atoms with Crippen LogP contribution in [0.15, 0.2) is 52.5 Å². The molecule has 0 aliphatic rings. The van der Waals surface area contributed by atoms with E-state index in [1.807, 2.05) is 18.4 Å². The van der Waals surface area contributed by atoms with Crippen molar-refractivity contribution in [3.63, 3.8) is 0 Å². The minimum absolute atomic E-state index is 0.0118. The molecule has 0 spiro atoms. The fraction of sp³-hybridized carbons (Fsp3) is 0.222. The van der Waals surface area contributed by atoms with E-state index in [2.05, 4.69) is 4.98 Å². The highest BCUT2D eigenvalue weighted by molar-refractivity contribution is 7.13. The van der Waals surface area contributed by atoms with Gasteiger partial charge in [0.1, 0.15) is 0 Å². The highest BCUT2D eigenvalue weighted by atomic mass is 32.1. The third-order valence-electron chi connectivity index (χ3n) is 4.15. The number of carbonyl (C=O) groups excluding carboxylic acids is 1. The van der Waals surface area contributed by atoms with E-state index in [9.17, 15) is 14.9 Å². The molecular formula is C18H17N3O4S. The van der Waals surface area contributed by atoms with Gasteiger partial charge in [0.05, 0.1) is 29.3 Å². The molecule has 3 rings (SSSR count). The maximum Gasteiger partial charge on any atom is 0.269 e. The Morgan fingerprint density at radius 1 is 1.38 bits per heavy atom. The molecule has 0 aliphatic heterocycles. The second-order valence-corrected chi connectivity index (χ2v) is 6.69. The van der Waals surface area contributed by atoms with Crippen LogP contribution >= 0.6 is 11.3 Å². The molecule has 1 atom stereocenters. The number of carbonyl (C=O) groups is 1. The average molecular weight is 371 g/mol. The van der Waals surface area contributed by atoms with Crippen molar-refractivity contribution in [1.82, 2.24) is 9.88 Å². The number of nitrogens with zero attached hydrogens (tertiary/aromatic N) is 3. The minimum Gasteiger partial charge on any atom is -0.462 e. The van der Waals surface area contributed by atoms with Crippen LogP contribution in [0, 0.1) is 10.1 Å². The number of non-ortho nitro benzene ring substituents is 1. The van der Waals surface area contributed by atoms with Crippen molar-refractivity contribution >= 4 is 22.9 Å². The molecule has 8 heteroatoms. The molecule has 26 heavy (non-hydrogen) atoms. The lowest BCUT2D eigenvalue weighted by Crippen LogP contribution is -2.31. The largest absolute Gasteiger partial charge is 0.462 e. The lowest BCUT2D eigenvalue weighted by Gasteiger charge is -2.25. The molecule has 134 valence electrons. The fourth-order valence-electron chi connectivity index (χ4n) is 2.52. The maximum atomic E-state index is 12.6. The summed E-state index contributed by atoms with van der Waals surface area (Å²) in [5.41, 5.74) is 1.40. The van der Waals surface area contributed by atoms with E-state index in [1.54, 1.807) is 36.4 Å². The summed E-state index contributed by atoms with van der Waals surface area (Å²) in [4.78, 5) is 29.1. The molecule has 0 saturated heterocycles. The molecule has 0 radical (unpaired) electrons. The second-order valence-electron chi connectivity index (χ2n) is 5.83. The summed E-state index contributed by atoms with van der Waals surface area (Å²) in [5, 5.41) is 13.5. The van der Waals surface area contributed by atoms with Gasteiger partial charge in [0.15, 0.2) is 10.8 Å². The van der Waals surface area contributed by atoms with Gasteiger partial charge >= 0.3 is 0 Å². The van der Waals surface area contributed by atoms with Gasteiger partial charge in [-0.25, -0.2) is 4.98 Å². The van der Waals surface area contributed by atoms with Crippen molar-refractivity contribution in [2.45, 2.75) is 19.4 Å². The number of thiazole rings is 1. The number of benzene rings is 1. The first-order chi connectivity index (χ1) is 12.5. The number of likely N-dealkylation sites (N-methyl/N-ethyl adjacent to an activating group) is 1. The standard InChI is InChI=1S/C18H17N3O4S/c1-12(13-5-3-6-15(9-13)21(23)24)20(2)17(22)10-14-11-26-18(19-14)16-7-4-8-25-16/h3-9,11-12H,10H2,1-2H3. The van der Waals surface area contributed by atoms with Gasteiger partial charge in [-0.2, -0.15) is 0 Å². The molecule has 2 aromatic heterocycles. The lowest BCUT2D eigenvalue weighted by atomic mass is 10.1. The average Bonchev–Trinajstić information content (AvgIpc) is 3.32. The smallest absolute Gasteiger partial charge is 0.269 e. The SMILES string of the molecule is CC(c1cccc([N+](=O)[O-])c1)N(C)C(=O)Cc1csc(-c2ccco2)n1. The number of hydrogen-bond acceptors (Lipinski definition) is 6. The first-order valence-electron chi connectivity index (χ1n) is 7.94. The van der Waals surface area contributed by atoms with E-state index in [1.165, 1.54) is 23.5 Å². The number of hydrogen-bond donors (Lipinski definition) is 0. The zero-order chi connectivity index (χ0) is 18.7. The van der Waals surface area contributed by atoms with Crippen molar-refractivity contribution < 1.29 is 14.1 Å². The summed E-state index contributed by atoms with van der Waals surface area (Å²) in [6, 6.07) is 9.65. The predicted molar refractivity (Wildman–Crippen MR) is 97.8 cm³/mol. The number of nitro benzene ring substituents is 1. The molecule has 1 unspecified atom stereocenters. The number of furan rings is 1. The summed E-state index contributed by atoms with van der Waals surface area (Å²) >= 11 is 1.42. The molecule has 1 amide bonds. The van der Waals surface area contributed by atoms with Crippen LogP contribution in [0.4, 0.5) is 5.69 Å². The molecular weight excluding hydrogens is 354 g/mol. The zero-order valence-corrected chi connectivity index (χ0v) is 15.1. The normalized spacial score (nSPS) is 11.9. The van der Waals surface area contributed by atoms with Gasteiger partial charge in [-0.3, -0.25) is 14.9 Å². The van der Waals surface area contributed by atoms with Crippen molar-refractivity contribution in [1.29, 1.82) is 0 Å². The van der Waals surface area contributed by atoms with Crippen LogP contribution in [-0.4, -0.2) is 27.8 Å². The van der Waals surface area contributed by atoms with Gasteiger partial charge in [0, 0.05) is 24.6 Å². The predicted octanol–water partition coefficient (Wildman–Crippen LogP) is 4.07. The number of nitro groups is 1. The van der Waals surface area contributed by atoms with Crippen molar-refractivity contribution in [2.75, 3.05) is 7.05 Å². The summed E-state index contributed by atoms with van der Waals surface area (Å²) < 4.78 is 5.31. The molecule has 0 saturated carbocycles. The second kappa shape index (κ2) is 7.49. The van der Waals surface area contributed by atoms with Crippen LogP contribution in [0.25, 0.3) is 10.8 Å². The fourth-order valence-corrected chi connectivity index (χ4v) is 3.31. The van der Waals surface area contributed by atoms with E-state index in [-0.39, 0.29) is 24.1 Å². The van der Waals surface area contributed by atoms with Crippen LogP contribution < -0.4 is 0 Å². The lowest BCUT2D eigenvalue weighted by molar-refractivity contribution is -0.384. The monoisotopic (exact) mass is 371 g/mol. The van der Waals surface area contributed by atoms with Crippen LogP contribution in [0.2, 0.25) is 0 Å². The Bertz CT molecular complexity index is 920. The van der Waals surface area contributed by atoms with Gasteiger partial charge < -0.3 is 9.32 Å². The van der Waals surface area contributed by atoms with Gasteiger partial charge in [-0.05, 0) is 24.6 Å². The molecule has 0 fully saturated rings. The number of rotatable bonds is 6. The van der Waals surface area contributed by atoms with E-state index >= 15 is 0 Å². The highest BCUT2D eigenvalue weighted by Gasteiger charge is 2.20. The first-order valence-corrected chi connectivity index (χ1v) is 8.82. The third-order valence-corrected chi connectivity index (χ3v) is 5.06. The third kappa shape index (κ3) is 3.80. The topological polar surface area (TPSA) is 89.5 Å². The molecule has 0 N–H and O–H groups in total. The van der Waals surface area contributed by atoms with E-state index in [4.69, 9.17) is 4.42 Å². The molecule has 7 nitrogen and oxygen atoms in total. The minimum atomic E-state index is -0.441. The Morgan fingerprint density at radius 2 is 2.19 bits per heavy atom. The zero-order valence-electron chi connectivity index (χ0n) is 14.3. The Balaban J connectivity index is 1.69. The van der Waals surface area contributed by atoms with Gasteiger partial charge in [-0.15, -0.1) is 11.3 Å². The highest BCUT2D eigenvalue weighted by Crippen LogP contribution is 2.26. The Kier molecular flexibility index (Phi) is 5.13. The quantitative estimate of drug-likeness (QED) is 0.481. The summed E-state index contributed by atoms with van der Waals surface area (Å²) in [7, 11) is 1.69. The first kappa shape index (κ1) is 17.8. The molecule has 0 bridgehead atoms. The van der Waals surface area contributed by atoms with Crippen molar-refractivity contribution in [3.8, 4) is 10.8 Å². The van der Waals surface area contributed by atoms with Crippen molar-refractivity contribution in [3.05, 3.63) is 69.4 Å². The Hall–Kier alpha value is -3.00. The molecule has 0 aliphatic carbocycles. The number of aromatic nitrogens is 1. The van der Waals surface area contributed by atoms with Crippen LogP contribution in [0.1, 0.15) is 24.2 Å². The summed E-state index contributed by atoms with van der Waals surface area (Å²) in [6.07, 6.45) is 1.74. The summed E-state index contributed by atoms with van der Waals surface area (Å²) in [5.74, 6) is 0.562. The van der Waals surface area contributed by atoms with Gasteiger partial charge in [0.25, 0.3) is 5.69 Å². The van der Waals surface area contributed by atoms with E-state index < -0.39 is 4.92 Å². The van der Waals surface area contributed by atoms with Crippen LogP contribution in [0.5, 0.6) is 0 Å². The van der Waals surface area contributed by atoms with Crippen LogP contribution in [-0.2, 0) is 11.2 Å². The summed E-state index contributed by atoms with van der Waals surface area (Å²) in [6.45, 7) is 1.84. The Morgan fingerprint density at radius 3 is 2.88 bits per heavy atom. The Labute approximate surface area is 154 Å². The van der Waals surface area contributed by atoms with Gasteiger partial charge in [0.2, 0.25) is 5.91 Å². The van der Waals surface area contributed by atoms with Gasteiger partial charge in [-0.1, -0.05) is 12.1 Å². The van der Waals surface area contributed by atoms with Crippen molar-refractivity contribution in [2.24, 2.45) is 0 Å². The maximum absolute atomic E-state index is 12.6. The van der Waals surface area contributed by atoms with E-state index in [0.29, 0.717) is 17.0 Å². The molecule has 1 aromatic carbocycles. The van der Waals surface area contributed by atoms with Crippen LogP contribution in [0.3, 0.4) is 0 Å². The molecule has 2 heterocycles. The van der Waals surface area contributed by atoms with E-state index in [0.717, 1.165) is 5.01 Å². The molecule has 3 aromatic rings. The number of amides is 1.